The molecular weight excluding hydrogens is 382 g/mol. The summed E-state index contributed by atoms with van der Waals surface area (Å²) >= 11 is 2.03. The normalized spacial score (nSPS) is 15.4. The Balaban J connectivity index is 1.56. The Labute approximate surface area is 178 Å². The molecule has 0 unspecified atom stereocenters. The van der Waals surface area contributed by atoms with Crippen LogP contribution in [0.5, 0.6) is 0 Å². The van der Waals surface area contributed by atoms with E-state index in [0.29, 0.717) is 19.0 Å². The Kier molecular flexibility index (Phi) is 7.47. The molecule has 0 saturated carbocycles. The molecule has 0 atom stereocenters. The standard InChI is InChI=1S/C22H33N5OS/c1-5-23-21(26-16-20-24-15-19(28-20)22(2,3)4)25-14-17-6-8-18(9-7-17)27-10-12-29-13-11-27/h6-9,15H,5,10-14,16H2,1-4H3,(H2,23,25,26). The van der Waals surface area contributed by atoms with Gasteiger partial charge < -0.3 is 20.0 Å². The molecule has 1 aromatic heterocycles. The molecule has 0 aliphatic carbocycles. The second-order valence-corrected chi connectivity index (χ2v) is 9.41. The van der Waals surface area contributed by atoms with E-state index in [4.69, 9.17) is 9.41 Å². The van der Waals surface area contributed by atoms with Crippen molar-refractivity contribution >= 4 is 23.4 Å². The van der Waals surface area contributed by atoms with Gasteiger partial charge in [0.05, 0.1) is 19.3 Å². The maximum absolute atomic E-state index is 5.85. The van der Waals surface area contributed by atoms with Crippen molar-refractivity contribution in [3.05, 3.63) is 47.7 Å². The van der Waals surface area contributed by atoms with Crippen LogP contribution in [-0.4, -0.2) is 42.1 Å². The monoisotopic (exact) mass is 415 g/mol. The van der Waals surface area contributed by atoms with Crippen LogP contribution < -0.4 is 15.5 Å². The number of hydrogen-bond donors (Lipinski definition) is 2. The molecule has 0 bridgehead atoms. The molecule has 7 heteroatoms. The first-order valence-electron chi connectivity index (χ1n) is 10.3. The van der Waals surface area contributed by atoms with Gasteiger partial charge >= 0.3 is 0 Å². The fourth-order valence-electron chi connectivity index (χ4n) is 3.04. The molecule has 1 saturated heterocycles. The molecule has 2 N–H and O–H groups in total. The highest BCUT2D eigenvalue weighted by Crippen LogP contribution is 2.22. The van der Waals surface area contributed by atoms with Gasteiger partial charge in [-0.1, -0.05) is 32.9 Å². The molecule has 6 nitrogen and oxygen atoms in total. The van der Waals surface area contributed by atoms with Crippen LogP contribution in [0.4, 0.5) is 5.69 Å². The zero-order chi connectivity index (χ0) is 20.7. The Bertz CT molecular complexity index is 788. The van der Waals surface area contributed by atoms with Gasteiger partial charge in [0, 0.05) is 42.2 Å². The van der Waals surface area contributed by atoms with Gasteiger partial charge in [-0.15, -0.1) is 0 Å². The molecule has 3 rings (SSSR count). The van der Waals surface area contributed by atoms with Gasteiger partial charge in [-0.05, 0) is 24.6 Å². The van der Waals surface area contributed by atoms with Gasteiger partial charge in [-0.3, -0.25) is 0 Å². The van der Waals surface area contributed by atoms with E-state index in [-0.39, 0.29) is 5.41 Å². The van der Waals surface area contributed by atoms with Crippen LogP contribution in [0.3, 0.4) is 0 Å². The fraction of sp³-hybridized carbons (Fsp3) is 0.545. The summed E-state index contributed by atoms with van der Waals surface area (Å²) in [5, 5.41) is 6.59. The quantitative estimate of drug-likeness (QED) is 0.553. The minimum absolute atomic E-state index is 0.0387. The van der Waals surface area contributed by atoms with E-state index in [1.807, 2.05) is 18.0 Å². The smallest absolute Gasteiger partial charge is 0.213 e. The Morgan fingerprint density at radius 1 is 1.17 bits per heavy atom. The summed E-state index contributed by atoms with van der Waals surface area (Å²) < 4.78 is 5.85. The van der Waals surface area contributed by atoms with Gasteiger partial charge in [-0.25, -0.2) is 9.98 Å². The summed E-state index contributed by atoms with van der Waals surface area (Å²) in [5.41, 5.74) is 2.47. The highest BCUT2D eigenvalue weighted by Gasteiger charge is 2.19. The molecule has 29 heavy (non-hydrogen) atoms. The number of aliphatic imine (C=N–C) groups is 1. The number of guanidine groups is 1. The first-order valence-corrected chi connectivity index (χ1v) is 11.5. The maximum atomic E-state index is 5.85. The molecular formula is C22H33N5OS. The van der Waals surface area contributed by atoms with E-state index in [2.05, 4.69) is 72.5 Å². The van der Waals surface area contributed by atoms with Crippen LogP contribution in [0.15, 0.2) is 39.9 Å². The predicted octanol–water partition coefficient (Wildman–Crippen LogP) is 3.78. The Morgan fingerprint density at radius 2 is 1.90 bits per heavy atom. The molecule has 2 aromatic rings. The van der Waals surface area contributed by atoms with Crippen molar-refractivity contribution < 1.29 is 4.42 Å². The van der Waals surface area contributed by atoms with Crippen molar-refractivity contribution in [1.29, 1.82) is 0 Å². The van der Waals surface area contributed by atoms with Gasteiger partial charge in [0.15, 0.2) is 5.96 Å². The number of rotatable bonds is 6. The van der Waals surface area contributed by atoms with Crippen molar-refractivity contribution in [2.24, 2.45) is 4.99 Å². The zero-order valence-corrected chi connectivity index (χ0v) is 18.8. The molecule has 1 aromatic carbocycles. The summed E-state index contributed by atoms with van der Waals surface area (Å²) in [5.74, 6) is 4.75. The number of aromatic nitrogens is 1. The first-order chi connectivity index (χ1) is 14.0. The van der Waals surface area contributed by atoms with Crippen LogP contribution in [0, 0.1) is 0 Å². The lowest BCUT2D eigenvalue weighted by atomic mass is 9.94. The summed E-state index contributed by atoms with van der Waals surface area (Å²) in [7, 11) is 0. The van der Waals surface area contributed by atoms with Crippen LogP contribution in [-0.2, 0) is 18.5 Å². The third-order valence-corrected chi connectivity index (χ3v) is 5.72. The largest absolute Gasteiger partial charge is 0.443 e. The van der Waals surface area contributed by atoms with E-state index in [9.17, 15) is 0 Å². The average molecular weight is 416 g/mol. The highest BCUT2D eigenvalue weighted by molar-refractivity contribution is 7.99. The number of hydrogen-bond acceptors (Lipinski definition) is 5. The van der Waals surface area contributed by atoms with Gasteiger partial charge in [0.25, 0.3) is 0 Å². The van der Waals surface area contributed by atoms with E-state index in [1.54, 1.807) is 0 Å². The number of oxazole rings is 1. The topological polar surface area (TPSA) is 65.7 Å². The van der Waals surface area contributed by atoms with E-state index < -0.39 is 0 Å². The lowest BCUT2D eigenvalue weighted by Gasteiger charge is -2.28. The third-order valence-electron chi connectivity index (χ3n) is 4.78. The van der Waals surface area contributed by atoms with Crippen molar-refractivity contribution in [3.63, 3.8) is 0 Å². The minimum Gasteiger partial charge on any atom is -0.443 e. The number of nitrogens with one attached hydrogen (secondary N) is 2. The van der Waals surface area contributed by atoms with Crippen LogP contribution in [0.2, 0.25) is 0 Å². The number of nitrogens with zero attached hydrogens (tertiary/aromatic N) is 3. The van der Waals surface area contributed by atoms with Crippen LogP contribution in [0.1, 0.15) is 44.9 Å². The predicted molar refractivity (Wildman–Crippen MR) is 123 cm³/mol. The maximum Gasteiger partial charge on any atom is 0.213 e. The SMILES string of the molecule is CCNC(=NCc1ccc(N2CCSCC2)cc1)NCc1ncc(C(C)(C)C)o1. The highest BCUT2D eigenvalue weighted by atomic mass is 32.2. The molecule has 0 spiro atoms. The van der Waals surface area contributed by atoms with Crippen molar-refractivity contribution in [2.45, 2.75) is 46.2 Å². The van der Waals surface area contributed by atoms with Crippen molar-refractivity contribution in [2.75, 3.05) is 36.0 Å². The Morgan fingerprint density at radius 3 is 2.52 bits per heavy atom. The third kappa shape index (κ3) is 6.42. The van der Waals surface area contributed by atoms with Crippen LogP contribution in [0.25, 0.3) is 0 Å². The van der Waals surface area contributed by atoms with E-state index >= 15 is 0 Å². The number of thioether (sulfide) groups is 1. The minimum atomic E-state index is -0.0387. The molecule has 0 amide bonds. The molecule has 1 aliphatic heterocycles. The molecule has 158 valence electrons. The lowest BCUT2D eigenvalue weighted by molar-refractivity contribution is 0.379. The first kappa shape index (κ1) is 21.6. The second-order valence-electron chi connectivity index (χ2n) is 8.18. The summed E-state index contributed by atoms with van der Waals surface area (Å²) in [6, 6.07) is 8.77. The lowest BCUT2D eigenvalue weighted by Crippen LogP contribution is -2.36. The number of anilines is 1. The molecule has 0 radical (unpaired) electrons. The average Bonchev–Trinajstić information content (AvgIpc) is 3.21. The van der Waals surface area contributed by atoms with Gasteiger partial charge in [0.1, 0.15) is 5.76 Å². The second kappa shape index (κ2) is 10.1. The van der Waals surface area contributed by atoms with Gasteiger partial charge in [-0.2, -0.15) is 11.8 Å². The van der Waals surface area contributed by atoms with Crippen molar-refractivity contribution in [3.8, 4) is 0 Å². The summed E-state index contributed by atoms with van der Waals surface area (Å²) in [6.07, 6.45) is 1.81. The molecule has 1 aliphatic rings. The summed E-state index contributed by atoms with van der Waals surface area (Å²) in [6.45, 7) is 12.6. The van der Waals surface area contributed by atoms with Crippen molar-refractivity contribution in [1.82, 2.24) is 15.6 Å². The van der Waals surface area contributed by atoms with Gasteiger partial charge in [0.2, 0.25) is 5.89 Å². The Hall–Kier alpha value is -2.15. The van der Waals surface area contributed by atoms with E-state index in [0.717, 1.165) is 31.4 Å². The fourth-order valence-corrected chi connectivity index (χ4v) is 3.95. The van der Waals surface area contributed by atoms with E-state index in [1.165, 1.54) is 22.8 Å². The van der Waals surface area contributed by atoms with Crippen LogP contribution >= 0.6 is 11.8 Å². The summed E-state index contributed by atoms with van der Waals surface area (Å²) in [4.78, 5) is 11.5. The molecule has 2 heterocycles. The molecule has 1 fully saturated rings. The number of benzene rings is 1. The zero-order valence-electron chi connectivity index (χ0n) is 18.0.